The van der Waals surface area contributed by atoms with Gasteiger partial charge >= 0.3 is 0 Å². The summed E-state index contributed by atoms with van der Waals surface area (Å²) in [5.41, 5.74) is 2.26. The summed E-state index contributed by atoms with van der Waals surface area (Å²) in [6.45, 7) is 11.1. The van der Waals surface area contributed by atoms with Gasteiger partial charge in [0.25, 0.3) is 0 Å². The molecule has 5 heteroatoms. The van der Waals surface area contributed by atoms with E-state index in [1.807, 2.05) is 18.7 Å². The Labute approximate surface area is 126 Å². The molecule has 2 heterocycles. The Morgan fingerprint density at radius 2 is 2.15 bits per heavy atom. The number of nitrogens with one attached hydrogen (secondary N) is 1. The standard InChI is InChI=1S/C15H26ClN3O/c1-11-13(16)12(19(5)18-11)8-15(6-7-20-10-15)9-17-14(2,3)4/h17H,6-10H2,1-5H3. The molecule has 1 saturated heterocycles. The maximum atomic E-state index is 6.40. The van der Waals surface area contributed by atoms with Crippen LogP contribution in [0, 0.1) is 12.3 Å². The van der Waals surface area contributed by atoms with E-state index in [4.69, 9.17) is 16.3 Å². The van der Waals surface area contributed by atoms with Gasteiger partial charge < -0.3 is 10.1 Å². The van der Waals surface area contributed by atoms with Crippen LogP contribution in [0.5, 0.6) is 0 Å². The van der Waals surface area contributed by atoms with Crippen LogP contribution in [-0.4, -0.2) is 35.1 Å². The summed E-state index contributed by atoms with van der Waals surface area (Å²) in [5, 5.41) is 8.83. The Morgan fingerprint density at radius 1 is 1.45 bits per heavy atom. The summed E-state index contributed by atoms with van der Waals surface area (Å²) in [4.78, 5) is 0. The van der Waals surface area contributed by atoms with Crippen molar-refractivity contribution in [1.82, 2.24) is 15.1 Å². The van der Waals surface area contributed by atoms with Gasteiger partial charge in [-0.3, -0.25) is 4.68 Å². The average molecular weight is 300 g/mol. The minimum absolute atomic E-state index is 0.113. The summed E-state index contributed by atoms with van der Waals surface area (Å²) in [7, 11) is 1.97. The Kier molecular flexibility index (Phi) is 4.47. The fourth-order valence-corrected chi connectivity index (χ4v) is 2.90. The maximum absolute atomic E-state index is 6.40. The Hall–Kier alpha value is -0.580. The summed E-state index contributed by atoms with van der Waals surface area (Å²) in [6.07, 6.45) is 1.98. The molecule has 1 fully saturated rings. The van der Waals surface area contributed by atoms with Crippen molar-refractivity contribution in [3.05, 3.63) is 16.4 Å². The van der Waals surface area contributed by atoms with Gasteiger partial charge in [0.15, 0.2) is 0 Å². The molecule has 1 aliphatic heterocycles. The molecule has 1 aromatic heterocycles. The van der Waals surface area contributed by atoms with Crippen molar-refractivity contribution in [3.8, 4) is 0 Å². The highest BCUT2D eigenvalue weighted by atomic mass is 35.5. The van der Waals surface area contributed by atoms with E-state index in [1.165, 1.54) is 0 Å². The van der Waals surface area contributed by atoms with Gasteiger partial charge in [0, 0.05) is 31.2 Å². The van der Waals surface area contributed by atoms with Crippen LogP contribution in [0.1, 0.15) is 38.6 Å². The van der Waals surface area contributed by atoms with Crippen LogP contribution in [0.2, 0.25) is 5.02 Å². The first kappa shape index (κ1) is 15.8. The summed E-state index contributed by atoms with van der Waals surface area (Å²) < 4.78 is 7.58. The predicted molar refractivity (Wildman–Crippen MR) is 82.3 cm³/mol. The average Bonchev–Trinajstić information content (AvgIpc) is 2.89. The molecule has 4 nitrogen and oxygen atoms in total. The number of aryl methyl sites for hydroxylation is 2. The lowest BCUT2D eigenvalue weighted by Crippen LogP contribution is -2.45. The number of aromatic nitrogens is 2. The normalized spacial score (nSPS) is 23.5. The quantitative estimate of drug-likeness (QED) is 0.929. The van der Waals surface area contributed by atoms with E-state index in [1.54, 1.807) is 0 Å². The lowest BCUT2D eigenvalue weighted by atomic mass is 9.81. The molecule has 0 aromatic carbocycles. The molecule has 2 rings (SSSR count). The van der Waals surface area contributed by atoms with Crippen molar-refractivity contribution in [1.29, 1.82) is 0 Å². The third kappa shape index (κ3) is 3.54. The van der Waals surface area contributed by atoms with Gasteiger partial charge in [-0.15, -0.1) is 0 Å². The van der Waals surface area contributed by atoms with E-state index in [0.717, 1.165) is 49.0 Å². The molecule has 0 aliphatic carbocycles. The smallest absolute Gasteiger partial charge is 0.0847 e. The van der Waals surface area contributed by atoms with E-state index in [0.29, 0.717) is 0 Å². The summed E-state index contributed by atoms with van der Waals surface area (Å²) >= 11 is 6.40. The van der Waals surface area contributed by atoms with E-state index < -0.39 is 0 Å². The molecule has 1 atom stereocenters. The number of hydrogen-bond donors (Lipinski definition) is 1. The Bertz CT molecular complexity index is 470. The Morgan fingerprint density at radius 3 is 2.60 bits per heavy atom. The highest BCUT2D eigenvalue weighted by molar-refractivity contribution is 6.31. The first-order chi connectivity index (χ1) is 9.22. The van der Waals surface area contributed by atoms with Gasteiger partial charge in [0.2, 0.25) is 0 Å². The molecule has 1 aliphatic rings. The monoisotopic (exact) mass is 299 g/mol. The molecule has 0 amide bonds. The molecule has 0 radical (unpaired) electrons. The van der Waals surface area contributed by atoms with Crippen molar-refractivity contribution in [3.63, 3.8) is 0 Å². The van der Waals surface area contributed by atoms with Crippen molar-refractivity contribution in [2.24, 2.45) is 12.5 Å². The second-order valence-electron chi connectivity index (χ2n) is 7.05. The van der Waals surface area contributed by atoms with E-state index in [9.17, 15) is 0 Å². The van der Waals surface area contributed by atoms with Crippen LogP contribution in [0.25, 0.3) is 0 Å². The SMILES string of the molecule is Cc1nn(C)c(CC2(CNC(C)(C)C)CCOC2)c1Cl. The first-order valence-electron chi connectivity index (χ1n) is 7.23. The molecule has 0 spiro atoms. The van der Waals surface area contributed by atoms with Crippen LogP contribution >= 0.6 is 11.6 Å². The second kappa shape index (κ2) is 5.66. The molecule has 20 heavy (non-hydrogen) atoms. The molecule has 114 valence electrons. The molecule has 0 saturated carbocycles. The second-order valence-corrected chi connectivity index (χ2v) is 7.43. The maximum Gasteiger partial charge on any atom is 0.0847 e. The van der Waals surface area contributed by atoms with Gasteiger partial charge in [0.1, 0.15) is 0 Å². The lowest BCUT2D eigenvalue weighted by Gasteiger charge is -2.32. The van der Waals surface area contributed by atoms with Crippen LogP contribution in [-0.2, 0) is 18.2 Å². The molecular weight excluding hydrogens is 274 g/mol. The number of nitrogens with zero attached hydrogens (tertiary/aromatic N) is 2. The van der Waals surface area contributed by atoms with Crippen molar-refractivity contribution in [2.45, 2.75) is 46.1 Å². The number of hydrogen-bond acceptors (Lipinski definition) is 3. The zero-order valence-electron chi connectivity index (χ0n) is 13.2. The van der Waals surface area contributed by atoms with Crippen LogP contribution in [0.3, 0.4) is 0 Å². The predicted octanol–water partition coefficient (Wildman–Crippen LogP) is 2.72. The zero-order chi connectivity index (χ0) is 15.0. The molecule has 1 unspecified atom stereocenters. The molecule has 1 aromatic rings. The van der Waals surface area contributed by atoms with E-state index >= 15 is 0 Å². The molecular formula is C15H26ClN3O. The summed E-state index contributed by atoms with van der Waals surface area (Å²) in [5.74, 6) is 0. The third-order valence-electron chi connectivity index (χ3n) is 3.98. The zero-order valence-corrected chi connectivity index (χ0v) is 14.0. The topological polar surface area (TPSA) is 39.1 Å². The van der Waals surface area contributed by atoms with Crippen molar-refractivity contribution < 1.29 is 4.74 Å². The van der Waals surface area contributed by atoms with Gasteiger partial charge in [-0.25, -0.2) is 0 Å². The van der Waals surface area contributed by atoms with Crippen LogP contribution < -0.4 is 5.32 Å². The number of halogens is 1. The van der Waals surface area contributed by atoms with E-state index in [-0.39, 0.29) is 11.0 Å². The van der Waals surface area contributed by atoms with Gasteiger partial charge in [0.05, 0.1) is 23.0 Å². The molecule has 0 bridgehead atoms. The van der Waals surface area contributed by atoms with Crippen LogP contribution in [0.4, 0.5) is 0 Å². The van der Waals surface area contributed by atoms with Crippen molar-refractivity contribution in [2.75, 3.05) is 19.8 Å². The molecule has 1 N–H and O–H groups in total. The first-order valence-corrected chi connectivity index (χ1v) is 7.61. The minimum atomic E-state index is 0.113. The third-order valence-corrected chi connectivity index (χ3v) is 4.47. The van der Waals surface area contributed by atoms with E-state index in [2.05, 4.69) is 31.2 Å². The van der Waals surface area contributed by atoms with Crippen LogP contribution in [0.15, 0.2) is 0 Å². The highest BCUT2D eigenvalue weighted by Crippen LogP contribution is 2.35. The number of rotatable bonds is 4. The largest absolute Gasteiger partial charge is 0.381 e. The van der Waals surface area contributed by atoms with Gasteiger partial charge in [-0.05, 0) is 40.5 Å². The Balaban J connectivity index is 2.17. The lowest BCUT2D eigenvalue weighted by molar-refractivity contribution is 0.142. The summed E-state index contributed by atoms with van der Waals surface area (Å²) in [6, 6.07) is 0. The minimum Gasteiger partial charge on any atom is -0.381 e. The van der Waals surface area contributed by atoms with Crippen molar-refractivity contribution >= 4 is 11.6 Å². The highest BCUT2D eigenvalue weighted by Gasteiger charge is 2.37. The van der Waals surface area contributed by atoms with Gasteiger partial charge in [-0.2, -0.15) is 5.10 Å². The van der Waals surface area contributed by atoms with Gasteiger partial charge in [-0.1, -0.05) is 11.6 Å². The fourth-order valence-electron chi connectivity index (χ4n) is 2.67. The number of ether oxygens (including phenoxy) is 1. The fraction of sp³-hybridized carbons (Fsp3) is 0.800.